The number of hydrogen-bond donors (Lipinski definition) is 1. The summed E-state index contributed by atoms with van der Waals surface area (Å²) in [6.45, 7) is 9.66. The van der Waals surface area contributed by atoms with Crippen LogP contribution in [0, 0.1) is 0 Å². The molecule has 3 rings (SSSR count). The number of likely N-dealkylation sites (N-methyl/N-ethyl adjacent to an activating group) is 1. The average molecular weight is 323 g/mol. The molecule has 1 N–H and O–H groups in total. The predicted molar refractivity (Wildman–Crippen MR) is 91.3 cm³/mol. The first-order chi connectivity index (χ1) is 11.1. The van der Waals surface area contributed by atoms with Crippen LogP contribution in [-0.4, -0.2) is 83.2 Å². The second-order valence-electron chi connectivity index (χ2n) is 7.71. The summed E-state index contributed by atoms with van der Waals surface area (Å²) in [5.41, 5.74) is -0.722. The van der Waals surface area contributed by atoms with Crippen LogP contribution in [0.5, 0.6) is 0 Å². The fourth-order valence-electron chi connectivity index (χ4n) is 4.49. The Balaban J connectivity index is 1.46. The summed E-state index contributed by atoms with van der Waals surface area (Å²) in [5.74, 6) is 0.170. The number of carbonyl (C=O) groups excluding carboxylic acids is 1. The topological polar surface area (TPSA) is 47.0 Å². The van der Waals surface area contributed by atoms with Gasteiger partial charge in [0, 0.05) is 45.3 Å². The summed E-state index contributed by atoms with van der Waals surface area (Å²) in [6.07, 6.45) is 6.36. The Morgan fingerprint density at radius 3 is 2.43 bits per heavy atom. The van der Waals surface area contributed by atoms with Gasteiger partial charge < -0.3 is 14.9 Å². The molecule has 0 spiro atoms. The molecule has 23 heavy (non-hydrogen) atoms. The van der Waals surface area contributed by atoms with Gasteiger partial charge in [-0.05, 0) is 25.8 Å². The highest BCUT2D eigenvalue weighted by atomic mass is 16.3. The number of carbonyl (C=O) groups is 1. The quantitative estimate of drug-likeness (QED) is 0.847. The third-order valence-electron chi connectivity index (χ3n) is 6.15. The number of hydrogen-bond acceptors (Lipinski definition) is 4. The van der Waals surface area contributed by atoms with Gasteiger partial charge in [0.1, 0.15) is 0 Å². The molecule has 0 aromatic carbocycles. The van der Waals surface area contributed by atoms with E-state index in [0.717, 1.165) is 77.9 Å². The minimum Gasteiger partial charge on any atom is -0.389 e. The van der Waals surface area contributed by atoms with Crippen LogP contribution < -0.4 is 0 Å². The van der Waals surface area contributed by atoms with E-state index in [0.29, 0.717) is 12.5 Å². The Bertz CT molecular complexity index is 401. The molecule has 1 unspecified atom stereocenters. The zero-order valence-corrected chi connectivity index (χ0v) is 14.7. The Labute approximate surface area is 140 Å². The lowest BCUT2D eigenvalue weighted by molar-refractivity contribution is -0.137. The van der Waals surface area contributed by atoms with E-state index >= 15 is 0 Å². The SMILES string of the molecule is CCN1CCN(C2CCN(C(=O)CC3(O)CCCCC3)C2)CC1. The lowest BCUT2D eigenvalue weighted by Gasteiger charge is -2.37. The number of aliphatic hydroxyl groups is 1. The van der Waals surface area contributed by atoms with Crippen LogP contribution in [0.1, 0.15) is 51.9 Å². The molecule has 1 saturated carbocycles. The van der Waals surface area contributed by atoms with Gasteiger partial charge in [-0.3, -0.25) is 9.69 Å². The maximum Gasteiger partial charge on any atom is 0.225 e. The zero-order valence-electron chi connectivity index (χ0n) is 14.7. The van der Waals surface area contributed by atoms with Crippen molar-refractivity contribution >= 4 is 5.91 Å². The molecule has 5 nitrogen and oxygen atoms in total. The van der Waals surface area contributed by atoms with Crippen LogP contribution in [0.3, 0.4) is 0 Å². The van der Waals surface area contributed by atoms with Crippen molar-refractivity contribution in [3.05, 3.63) is 0 Å². The van der Waals surface area contributed by atoms with Gasteiger partial charge >= 0.3 is 0 Å². The van der Waals surface area contributed by atoms with Crippen molar-refractivity contribution in [1.82, 2.24) is 14.7 Å². The van der Waals surface area contributed by atoms with E-state index in [1.807, 2.05) is 4.90 Å². The third-order valence-corrected chi connectivity index (χ3v) is 6.15. The fourth-order valence-corrected chi connectivity index (χ4v) is 4.49. The first-order valence-corrected chi connectivity index (χ1v) is 9.56. The highest BCUT2D eigenvalue weighted by Crippen LogP contribution is 2.32. The first-order valence-electron chi connectivity index (χ1n) is 9.56. The largest absolute Gasteiger partial charge is 0.389 e. The first kappa shape index (κ1) is 17.2. The van der Waals surface area contributed by atoms with Gasteiger partial charge in [0.15, 0.2) is 0 Å². The smallest absolute Gasteiger partial charge is 0.225 e. The standard InChI is InChI=1S/C18H33N3O2/c1-2-19-10-12-20(13-11-19)16-6-9-21(15-16)17(22)14-18(23)7-4-3-5-8-18/h16,23H,2-15H2,1H3. The number of amides is 1. The molecule has 132 valence electrons. The minimum absolute atomic E-state index is 0.170. The maximum atomic E-state index is 12.6. The van der Waals surface area contributed by atoms with Crippen molar-refractivity contribution in [2.24, 2.45) is 0 Å². The van der Waals surface area contributed by atoms with E-state index in [9.17, 15) is 9.90 Å². The summed E-state index contributed by atoms with van der Waals surface area (Å²) >= 11 is 0. The molecule has 0 aromatic heterocycles. The van der Waals surface area contributed by atoms with Gasteiger partial charge in [-0.1, -0.05) is 26.2 Å². The van der Waals surface area contributed by atoms with E-state index in [-0.39, 0.29) is 5.91 Å². The van der Waals surface area contributed by atoms with Crippen molar-refractivity contribution in [3.63, 3.8) is 0 Å². The van der Waals surface area contributed by atoms with Crippen LogP contribution in [0.4, 0.5) is 0 Å². The molecule has 1 atom stereocenters. The van der Waals surface area contributed by atoms with E-state index in [4.69, 9.17) is 0 Å². The second kappa shape index (κ2) is 7.49. The van der Waals surface area contributed by atoms with Crippen LogP contribution in [0.15, 0.2) is 0 Å². The minimum atomic E-state index is -0.722. The highest BCUT2D eigenvalue weighted by molar-refractivity contribution is 5.77. The highest BCUT2D eigenvalue weighted by Gasteiger charge is 2.36. The van der Waals surface area contributed by atoms with Gasteiger partial charge in [0.25, 0.3) is 0 Å². The monoisotopic (exact) mass is 323 g/mol. The number of piperazine rings is 1. The van der Waals surface area contributed by atoms with Crippen molar-refractivity contribution in [3.8, 4) is 0 Å². The molecule has 2 aliphatic heterocycles. The summed E-state index contributed by atoms with van der Waals surface area (Å²) in [6, 6.07) is 0.527. The molecule has 0 bridgehead atoms. The van der Waals surface area contributed by atoms with Crippen molar-refractivity contribution in [1.29, 1.82) is 0 Å². The maximum absolute atomic E-state index is 12.6. The Morgan fingerprint density at radius 1 is 1.09 bits per heavy atom. The molecule has 1 aliphatic carbocycles. The summed E-state index contributed by atoms with van der Waals surface area (Å²) in [5, 5.41) is 10.6. The Hall–Kier alpha value is -0.650. The lowest BCUT2D eigenvalue weighted by Crippen LogP contribution is -2.51. The van der Waals surface area contributed by atoms with Crippen molar-refractivity contribution in [2.45, 2.75) is 63.5 Å². The molecule has 0 aromatic rings. The van der Waals surface area contributed by atoms with E-state index in [1.165, 1.54) is 6.42 Å². The summed E-state index contributed by atoms with van der Waals surface area (Å²) in [4.78, 5) is 19.6. The van der Waals surface area contributed by atoms with Gasteiger partial charge in [-0.25, -0.2) is 0 Å². The normalized spacial score (nSPS) is 29.8. The molecular weight excluding hydrogens is 290 g/mol. The van der Waals surface area contributed by atoms with Gasteiger partial charge in [-0.15, -0.1) is 0 Å². The number of rotatable bonds is 4. The van der Waals surface area contributed by atoms with E-state index < -0.39 is 5.60 Å². The van der Waals surface area contributed by atoms with Gasteiger partial charge in [0.05, 0.1) is 12.0 Å². The van der Waals surface area contributed by atoms with Crippen LogP contribution in [0.25, 0.3) is 0 Å². The summed E-state index contributed by atoms with van der Waals surface area (Å²) < 4.78 is 0. The molecule has 2 heterocycles. The molecule has 3 fully saturated rings. The predicted octanol–water partition coefficient (Wildman–Crippen LogP) is 1.31. The number of nitrogens with zero attached hydrogens (tertiary/aromatic N) is 3. The zero-order chi connectivity index (χ0) is 16.3. The van der Waals surface area contributed by atoms with Crippen LogP contribution in [-0.2, 0) is 4.79 Å². The van der Waals surface area contributed by atoms with Crippen molar-refractivity contribution in [2.75, 3.05) is 45.8 Å². The van der Waals surface area contributed by atoms with Crippen LogP contribution in [0.2, 0.25) is 0 Å². The fraction of sp³-hybridized carbons (Fsp3) is 0.944. The average Bonchev–Trinajstić information content (AvgIpc) is 3.05. The van der Waals surface area contributed by atoms with Crippen molar-refractivity contribution < 1.29 is 9.90 Å². The molecule has 1 amide bonds. The molecule has 5 heteroatoms. The third kappa shape index (κ3) is 4.25. The molecule has 2 saturated heterocycles. The number of likely N-dealkylation sites (tertiary alicyclic amines) is 1. The Kier molecular flexibility index (Phi) is 5.60. The molecule has 0 radical (unpaired) electrons. The van der Waals surface area contributed by atoms with E-state index in [2.05, 4.69) is 16.7 Å². The van der Waals surface area contributed by atoms with Crippen LogP contribution >= 0.6 is 0 Å². The molecular formula is C18H33N3O2. The van der Waals surface area contributed by atoms with E-state index in [1.54, 1.807) is 0 Å². The summed E-state index contributed by atoms with van der Waals surface area (Å²) in [7, 11) is 0. The van der Waals surface area contributed by atoms with Gasteiger partial charge in [0.2, 0.25) is 5.91 Å². The molecule has 3 aliphatic rings. The second-order valence-corrected chi connectivity index (χ2v) is 7.71. The lowest BCUT2D eigenvalue weighted by atomic mass is 9.82. The Morgan fingerprint density at radius 2 is 1.78 bits per heavy atom. The van der Waals surface area contributed by atoms with Gasteiger partial charge in [-0.2, -0.15) is 0 Å².